The number of aryl methyl sites for hydroxylation is 1. The number of hydrogen-bond acceptors (Lipinski definition) is 5. The Morgan fingerprint density at radius 3 is 2.65 bits per heavy atom. The Morgan fingerprint density at radius 2 is 2.00 bits per heavy atom. The number of hydrogen-bond donors (Lipinski definition) is 2. The van der Waals surface area contributed by atoms with Crippen LogP contribution in [0.1, 0.15) is 40.9 Å². The van der Waals surface area contributed by atoms with Crippen LogP contribution in [0, 0.1) is 12.8 Å². The molecule has 2 N–H and O–H groups in total. The van der Waals surface area contributed by atoms with Crippen LogP contribution < -0.4 is 15.4 Å². The van der Waals surface area contributed by atoms with Gasteiger partial charge in [-0.2, -0.15) is 13.2 Å². The van der Waals surface area contributed by atoms with Gasteiger partial charge in [-0.25, -0.2) is 9.97 Å². The van der Waals surface area contributed by atoms with Gasteiger partial charge in [-0.15, -0.1) is 0 Å². The zero-order valence-corrected chi connectivity index (χ0v) is 17.3. The van der Waals surface area contributed by atoms with E-state index in [4.69, 9.17) is 11.6 Å². The Balaban J connectivity index is 1.58. The standard InChI is InChI=1S/C20H20ClF3N4O3/c1-11-4-14(7-16(27-11)28-17(29)6-12-2-3-12)18(30)25-8-13-5-15(21)19(26-9-13)31-10-20(22,23)24/h4-5,7,9,12H,2-3,6,8,10H2,1H3,(H,25,30)(H,27,28,29). The van der Waals surface area contributed by atoms with Crippen LogP contribution in [-0.2, 0) is 11.3 Å². The maximum atomic E-state index is 12.5. The third-order valence-corrected chi connectivity index (χ3v) is 4.61. The normalized spacial score (nSPS) is 13.6. The predicted octanol–water partition coefficient (Wildman–Crippen LogP) is 4.05. The zero-order valence-electron chi connectivity index (χ0n) is 16.6. The summed E-state index contributed by atoms with van der Waals surface area (Å²) in [4.78, 5) is 32.5. The van der Waals surface area contributed by atoms with Crippen LogP contribution in [0.25, 0.3) is 0 Å². The average molecular weight is 457 g/mol. The maximum absolute atomic E-state index is 12.5. The molecule has 1 saturated carbocycles. The Kier molecular flexibility index (Phi) is 6.99. The molecule has 1 aliphatic rings. The van der Waals surface area contributed by atoms with Crippen molar-refractivity contribution in [3.8, 4) is 5.88 Å². The first-order chi connectivity index (χ1) is 14.6. The SMILES string of the molecule is Cc1cc(C(=O)NCc2cnc(OCC(F)(F)F)c(Cl)c2)cc(NC(=O)CC2CC2)n1. The monoisotopic (exact) mass is 456 g/mol. The van der Waals surface area contributed by atoms with Crippen molar-refractivity contribution in [3.63, 3.8) is 0 Å². The van der Waals surface area contributed by atoms with E-state index in [-0.39, 0.29) is 23.4 Å². The number of carbonyl (C=O) groups is 2. The van der Waals surface area contributed by atoms with Crippen LogP contribution in [0.5, 0.6) is 5.88 Å². The van der Waals surface area contributed by atoms with Gasteiger partial charge in [0.25, 0.3) is 5.91 Å². The van der Waals surface area contributed by atoms with Gasteiger partial charge in [-0.1, -0.05) is 11.6 Å². The first kappa shape index (κ1) is 22.8. The lowest BCUT2D eigenvalue weighted by Crippen LogP contribution is -2.24. The fraction of sp³-hybridized carbons (Fsp3) is 0.400. The molecule has 31 heavy (non-hydrogen) atoms. The molecule has 1 fully saturated rings. The molecule has 3 rings (SSSR count). The van der Waals surface area contributed by atoms with Gasteiger partial charge in [0.05, 0.1) is 0 Å². The molecule has 7 nitrogen and oxygen atoms in total. The molecule has 0 saturated heterocycles. The molecule has 1 aliphatic carbocycles. The highest BCUT2D eigenvalue weighted by molar-refractivity contribution is 6.31. The van der Waals surface area contributed by atoms with Crippen LogP contribution in [-0.4, -0.2) is 34.6 Å². The van der Waals surface area contributed by atoms with Crippen molar-refractivity contribution < 1.29 is 27.5 Å². The summed E-state index contributed by atoms with van der Waals surface area (Å²) < 4.78 is 41.3. The summed E-state index contributed by atoms with van der Waals surface area (Å²) in [5, 5.41) is 5.28. The van der Waals surface area contributed by atoms with E-state index in [2.05, 4.69) is 25.3 Å². The number of ether oxygens (including phenoxy) is 1. The molecule has 0 atom stereocenters. The summed E-state index contributed by atoms with van der Waals surface area (Å²) in [6.07, 6.45) is -0.698. The molecule has 2 heterocycles. The number of alkyl halides is 3. The minimum absolute atomic E-state index is 0.0375. The smallest absolute Gasteiger partial charge is 0.422 e. The van der Waals surface area contributed by atoms with Crippen LogP contribution in [0.3, 0.4) is 0 Å². The predicted molar refractivity (Wildman–Crippen MR) is 107 cm³/mol. The summed E-state index contributed by atoms with van der Waals surface area (Å²) in [7, 11) is 0. The molecule has 0 bridgehead atoms. The summed E-state index contributed by atoms with van der Waals surface area (Å²) in [6, 6.07) is 4.42. The Labute approximate surface area is 181 Å². The van der Waals surface area contributed by atoms with Gasteiger partial charge in [0.2, 0.25) is 11.8 Å². The Morgan fingerprint density at radius 1 is 1.26 bits per heavy atom. The topological polar surface area (TPSA) is 93.2 Å². The molecule has 0 radical (unpaired) electrons. The lowest BCUT2D eigenvalue weighted by Gasteiger charge is -2.11. The maximum Gasteiger partial charge on any atom is 0.422 e. The van der Waals surface area contributed by atoms with Crippen molar-refractivity contribution in [2.45, 2.75) is 38.9 Å². The second kappa shape index (κ2) is 9.51. The highest BCUT2D eigenvalue weighted by Crippen LogP contribution is 2.32. The van der Waals surface area contributed by atoms with Crippen molar-refractivity contribution >= 4 is 29.2 Å². The molecule has 2 aromatic heterocycles. The fourth-order valence-electron chi connectivity index (χ4n) is 2.74. The minimum Gasteiger partial charge on any atom is -0.467 e. The number of pyridine rings is 2. The van der Waals surface area contributed by atoms with Crippen LogP contribution in [0.2, 0.25) is 5.02 Å². The second-order valence-corrected chi connectivity index (χ2v) is 7.70. The van der Waals surface area contributed by atoms with Gasteiger partial charge in [0.15, 0.2) is 6.61 Å². The number of anilines is 1. The summed E-state index contributed by atoms with van der Waals surface area (Å²) in [5.74, 6) is -0.174. The van der Waals surface area contributed by atoms with E-state index in [1.165, 1.54) is 18.3 Å². The second-order valence-electron chi connectivity index (χ2n) is 7.30. The number of halogens is 4. The van der Waals surface area contributed by atoms with E-state index in [0.717, 1.165) is 12.8 Å². The van der Waals surface area contributed by atoms with Gasteiger partial charge in [-0.05, 0) is 49.4 Å². The van der Waals surface area contributed by atoms with Gasteiger partial charge in [-0.3, -0.25) is 9.59 Å². The third-order valence-electron chi connectivity index (χ3n) is 4.34. The average Bonchev–Trinajstić information content (AvgIpc) is 3.47. The quantitative estimate of drug-likeness (QED) is 0.625. The van der Waals surface area contributed by atoms with Crippen LogP contribution >= 0.6 is 11.6 Å². The number of carbonyl (C=O) groups excluding carboxylic acids is 2. The van der Waals surface area contributed by atoms with Gasteiger partial charge in [0.1, 0.15) is 10.8 Å². The molecular weight excluding hydrogens is 437 g/mol. The zero-order chi connectivity index (χ0) is 22.6. The third kappa shape index (κ3) is 7.39. The minimum atomic E-state index is -4.50. The van der Waals surface area contributed by atoms with Crippen molar-refractivity contribution in [2.75, 3.05) is 11.9 Å². The first-order valence-corrected chi connectivity index (χ1v) is 9.87. The van der Waals surface area contributed by atoms with E-state index >= 15 is 0 Å². The first-order valence-electron chi connectivity index (χ1n) is 9.50. The molecule has 166 valence electrons. The molecule has 0 aliphatic heterocycles. The highest BCUT2D eigenvalue weighted by Gasteiger charge is 2.29. The van der Waals surface area contributed by atoms with Crippen molar-refractivity contribution in [3.05, 3.63) is 46.2 Å². The van der Waals surface area contributed by atoms with Crippen molar-refractivity contribution in [2.24, 2.45) is 5.92 Å². The molecule has 2 amide bonds. The van der Waals surface area contributed by atoms with Gasteiger partial charge >= 0.3 is 6.18 Å². The summed E-state index contributed by atoms with van der Waals surface area (Å²) in [5.41, 5.74) is 1.34. The van der Waals surface area contributed by atoms with Crippen molar-refractivity contribution in [1.29, 1.82) is 0 Å². The fourth-order valence-corrected chi connectivity index (χ4v) is 2.99. The van der Waals surface area contributed by atoms with Crippen LogP contribution in [0.4, 0.5) is 19.0 Å². The summed E-state index contributed by atoms with van der Waals surface area (Å²) >= 11 is 5.90. The van der Waals surface area contributed by atoms with Gasteiger partial charge in [0, 0.05) is 30.4 Å². The van der Waals surface area contributed by atoms with Crippen LogP contribution in [0.15, 0.2) is 24.4 Å². The molecule has 0 unspecified atom stereocenters. The highest BCUT2D eigenvalue weighted by atomic mass is 35.5. The molecule has 11 heteroatoms. The van der Waals surface area contributed by atoms with E-state index < -0.39 is 18.7 Å². The number of amides is 2. The lowest BCUT2D eigenvalue weighted by atomic mass is 10.2. The summed E-state index contributed by atoms with van der Waals surface area (Å²) in [6.45, 7) is 0.239. The largest absolute Gasteiger partial charge is 0.467 e. The van der Waals surface area contributed by atoms with E-state index in [9.17, 15) is 22.8 Å². The van der Waals surface area contributed by atoms with E-state index in [1.807, 2.05) is 0 Å². The molecule has 0 spiro atoms. The van der Waals surface area contributed by atoms with Gasteiger partial charge < -0.3 is 15.4 Å². The molecule has 2 aromatic rings. The molecule has 0 aromatic carbocycles. The van der Waals surface area contributed by atoms with Crippen molar-refractivity contribution in [1.82, 2.24) is 15.3 Å². The lowest BCUT2D eigenvalue weighted by molar-refractivity contribution is -0.154. The Bertz CT molecular complexity index is 981. The van der Waals surface area contributed by atoms with E-state index in [1.54, 1.807) is 13.0 Å². The molecular formula is C20H20ClF3N4O3. The van der Waals surface area contributed by atoms with E-state index in [0.29, 0.717) is 35.0 Å². The number of aromatic nitrogens is 2. The Hall–Kier alpha value is -2.88. The number of rotatable bonds is 8. The number of nitrogens with zero attached hydrogens (tertiary/aromatic N) is 2. The number of nitrogens with one attached hydrogen (secondary N) is 2.